The second-order valence-corrected chi connectivity index (χ2v) is 10.9. The molecule has 3 aromatic rings. The molecule has 2 bridgehead atoms. The van der Waals surface area contributed by atoms with Crippen molar-refractivity contribution in [2.24, 2.45) is 5.92 Å². The Bertz CT molecular complexity index is 1350. The number of nitrogens with one attached hydrogen (secondary N) is 1. The van der Waals surface area contributed by atoms with Gasteiger partial charge in [0.25, 0.3) is 17.4 Å². The van der Waals surface area contributed by atoms with E-state index in [0.717, 1.165) is 21.5 Å². The number of carbonyl (C=O) groups excluding carboxylic acids is 2. The van der Waals surface area contributed by atoms with Crippen LogP contribution >= 0.6 is 38.9 Å². The van der Waals surface area contributed by atoms with Gasteiger partial charge >= 0.3 is 0 Å². The molecule has 1 saturated heterocycles. The third-order valence-corrected chi connectivity index (χ3v) is 8.12. The van der Waals surface area contributed by atoms with Crippen LogP contribution in [0.3, 0.4) is 0 Å². The van der Waals surface area contributed by atoms with Gasteiger partial charge in [-0.1, -0.05) is 17.7 Å². The molecule has 0 unspecified atom stereocenters. The van der Waals surface area contributed by atoms with Crippen LogP contribution in [0, 0.1) is 5.92 Å². The van der Waals surface area contributed by atoms with Crippen LogP contribution in [0.5, 0.6) is 0 Å². The lowest BCUT2D eigenvalue weighted by Gasteiger charge is -2.43. The topological polar surface area (TPSA) is 71.4 Å². The predicted molar refractivity (Wildman–Crippen MR) is 137 cm³/mol. The van der Waals surface area contributed by atoms with Crippen molar-refractivity contribution in [2.75, 3.05) is 13.1 Å². The molecule has 0 aliphatic carbocycles. The molecule has 2 amide bonds. The minimum Gasteiger partial charge on any atom is -0.336 e. The first kappa shape index (κ1) is 23.1. The van der Waals surface area contributed by atoms with Crippen LogP contribution < -0.4 is 10.9 Å². The Morgan fingerprint density at radius 2 is 1.91 bits per heavy atom. The number of halogens is 2. The minimum absolute atomic E-state index is 0.00561. The first-order valence-electron chi connectivity index (χ1n) is 10.9. The van der Waals surface area contributed by atoms with Crippen molar-refractivity contribution in [2.45, 2.75) is 18.9 Å². The van der Waals surface area contributed by atoms with Crippen LogP contribution in [0.25, 0.3) is 6.08 Å². The fourth-order valence-corrected chi connectivity index (χ4v) is 6.23. The van der Waals surface area contributed by atoms with E-state index in [9.17, 15) is 14.4 Å². The summed E-state index contributed by atoms with van der Waals surface area (Å²) < 4.78 is 2.75. The average molecular weight is 559 g/mol. The molecule has 1 fully saturated rings. The monoisotopic (exact) mass is 557 g/mol. The average Bonchev–Trinajstić information content (AvgIpc) is 3.23. The van der Waals surface area contributed by atoms with Crippen molar-refractivity contribution in [1.29, 1.82) is 0 Å². The Hall–Kier alpha value is -2.68. The van der Waals surface area contributed by atoms with Gasteiger partial charge in [0.15, 0.2) is 0 Å². The number of pyridine rings is 1. The highest BCUT2D eigenvalue weighted by atomic mass is 79.9. The molecule has 0 spiro atoms. The summed E-state index contributed by atoms with van der Waals surface area (Å²) in [5, 5.41) is 5.28. The van der Waals surface area contributed by atoms with Crippen LogP contribution in [0.4, 0.5) is 0 Å². The van der Waals surface area contributed by atoms with E-state index in [1.165, 1.54) is 11.3 Å². The third kappa shape index (κ3) is 4.76. The second-order valence-electron chi connectivity index (χ2n) is 8.59. The highest BCUT2D eigenvalue weighted by molar-refractivity contribution is 9.10. The highest BCUT2D eigenvalue weighted by Gasteiger charge is 2.37. The maximum atomic E-state index is 13.7. The van der Waals surface area contributed by atoms with Gasteiger partial charge in [0.05, 0.1) is 0 Å². The summed E-state index contributed by atoms with van der Waals surface area (Å²) in [5.41, 5.74) is 1.62. The fraction of sp³-hybridized carbons (Fsp3) is 0.240. The number of fused-ring (bicyclic) bond motifs is 4. The van der Waals surface area contributed by atoms with Gasteiger partial charge in [-0.15, -0.1) is 11.3 Å². The Morgan fingerprint density at radius 3 is 2.65 bits per heavy atom. The van der Waals surface area contributed by atoms with E-state index in [2.05, 4.69) is 21.2 Å². The molecule has 1 N–H and O–H groups in total. The summed E-state index contributed by atoms with van der Waals surface area (Å²) in [6, 6.07) is 13.8. The molecule has 5 rings (SSSR count). The van der Waals surface area contributed by atoms with Gasteiger partial charge < -0.3 is 14.8 Å². The van der Waals surface area contributed by atoms with E-state index < -0.39 is 0 Å². The van der Waals surface area contributed by atoms with Gasteiger partial charge in [0.1, 0.15) is 5.70 Å². The van der Waals surface area contributed by atoms with Gasteiger partial charge in [-0.05, 0) is 70.7 Å². The number of likely N-dealkylation sites (tertiary alicyclic amines) is 1. The van der Waals surface area contributed by atoms with Gasteiger partial charge in [-0.3, -0.25) is 14.4 Å². The zero-order valence-corrected chi connectivity index (χ0v) is 21.2. The zero-order chi connectivity index (χ0) is 23.8. The molecular formula is C25H21BrClN3O3S. The Morgan fingerprint density at radius 1 is 1.12 bits per heavy atom. The van der Waals surface area contributed by atoms with Crippen molar-refractivity contribution in [3.05, 3.63) is 95.6 Å². The third-order valence-electron chi connectivity index (χ3n) is 6.23. The van der Waals surface area contributed by atoms with Gasteiger partial charge in [0.2, 0.25) is 0 Å². The fourth-order valence-electron chi connectivity index (χ4n) is 4.73. The molecule has 174 valence electrons. The molecule has 6 nitrogen and oxygen atoms in total. The van der Waals surface area contributed by atoms with Gasteiger partial charge in [0, 0.05) is 62.6 Å². The smallest absolute Gasteiger partial charge is 0.270 e. The molecule has 2 aliphatic heterocycles. The minimum atomic E-state index is -0.374. The lowest BCUT2D eigenvalue weighted by atomic mass is 9.83. The Balaban J connectivity index is 1.43. The van der Waals surface area contributed by atoms with E-state index >= 15 is 0 Å². The Kier molecular flexibility index (Phi) is 6.46. The number of carbonyl (C=O) groups is 2. The molecule has 9 heteroatoms. The van der Waals surface area contributed by atoms with Crippen molar-refractivity contribution in [1.82, 2.24) is 14.8 Å². The van der Waals surface area contributed by atoms with Crippen molar-refractivity contribution < 1.29 is 9.59 Å². The van der Waals surface area contributed by atoms with Crippen LogP contribution in [0.15, 0.2) is 68.9 Å². The summed E-state index contributed by atoms with van der Waals surface area (Å²) >= 11 is 10.9. The second kappa shape index (κ2) is 9.52. The molecule has 34 heavy (non-hydrogen) atoms. The number of hydrogen-bond donors (Lipinski definition) is 1. The first-order valence-corrected chi connectivity index (χ1v) is 12.9. The molecule has 0 radical (unpaired) electrons. The van der Waals surface area contributed by atoms with Gasteiger partial charge in [-0.2, -0.15) is 0 Å². The van der Waals surface area contributed by atoms with Crippen LogP contribution in [0.2, 0.25) is 5.02 Å². The number of aromatic nitrogens is 1. The molecule has 2 aliphatic rings. The lowest BCUT2D eigenvalue weighted by Crippen LogP contribution is -2.50. The van der Waals surface area contributed by atoms with Crippen LogP contribution in [0.1, 0.15) is 33.3 Å². The number of piperidine rings is 1. The number of amides is 2. The van der Waals surface area contributed by atoms with Crippen LogP contribution in [-0.2, 0) is 11.3 Å². The van der Waals surface area contributed by atoms with E-state index in [4.69, 9.17) is 11.6 Å². The summed E-state index contributed by atoms with van der Waals surface area (Å²) in [6.45, 7) is 1.64. The predicted octanol–water partition coefficient (Wildman–Crippen LogP) is 4.74. The maximum Gasteiger partial charge on any atom is 0.270 e. The molecular weight excluding hydrogens is 538 g/mol. The number of rotatable bonds is 4. The molecule has 2 aromatic heterocycles. The molecule has 2 atom stereocenters. The van der Waals surface area contributed by atoms with Crippen LogP contribution in [-0.4, -0.2) is 34.4 Å². The van der Waals surface area contributed by atoms with Crippen molar-refractivity contribution >= 4 is 56.8 Å². The highest BCUT2D eigenvalue weighted by Crippen LogP contribution is 2.35. The van der Waals surface area contributed by atoms with Crippen molar-refractivity contribution in [3.8, 4) is 0 Å². The van der Waals surface area contributed by atoms with Crippen molar-refractivity contribution in [3.63, 3.8) is 0 Å². The lowest BCUT2D eigenvalue weighted by molar-refractivity contribution is -0.130. The number of benzene rings is 1. The maximum absolute atomic E-state index is 13.7. The van der Waals surface area contributed by atoms with E-state index in [1.54, 1.807) is 47.4 Å². The normalized spacial score (nSPS) is 19.5. The summed E-state index contributed by atoms with van der Waals surface area (Å²) in [4.78, 5) is 41.6. The molecule has 0 saturated carbocycles. The number of hydrogen-bond acceptors (Lipinski definition) is 4. The molecule has 4 heterocycles. The SMILES string of the molecule is O=C(N/C(=C\c1cc(Br)cs1)C(=O)N1C[C@H]2C[C@@H](C1)c1cccc(=O)n1C2)c1ccc(Cl)cc1. The van der Waals surface area contributed by atoms with E-state index in [1.807, 2.05) is 22.1 Å². The quantitative estimate of drug-likeness (QED) is 0.470. The number of nitrogens with zero attached hydrogens (tertiary/aromatic N) is 2. The van der Waals surface area contributed by atoms with E-state index in [0.29, 0.717) is 30.2 Å². The summed E-state index contributed by atoms with van der Waals surface area (Å²) in [6.07, 6.45) is 2.66. The summed E-state index contributed by atoms with van der Waals surface area (Å²) in [5.74, 6) is -0.317. The largest absolute Gasteiger partial charge is 0.336 e. The molecule has 1 aromatic carbocycles. The zero-order valence-electron chi connectivity index (χ0n) is 18.0. The van der Waals surface area contributed by atoms with Gasteiger partial charge in [-0.25, -0.2) is 0 Å². The first-order chi connectivity index (χ1) is 16.4. The Labute approximate surface area is 214 Å². The standard InChI is InChI=1S/C25H21BrClN3O3S/c26-18-9-20(34-14-18)10-21(28-24(32)16-4-6-19(27)7-5-16)25(33)29-11-15-8-17(13-29)22-2-1-3-23(31)30(22)12-15/h1-7,9-10,14-15,17H,8,11-13H2,(H,28,32)/b21-10-/t15-,17+/m1/s1. The van der Waals surface area contributed by atoms with E-state index in [-0.39, 0.29) is 34.9 Å². The summed E-state index contributed by atoms with van der Waals surface area (Å²) in [7, 11) is 0. The number of thiophene rings is 1.